The Balaban J connectivity index is 0.00000529. The number of hydrogen-bond acceptors (Lipinski definition) is 6. The number of nitrogens with zero attached hydrogens (tertiary/aromatic N) is 4. The summed E-state index contributed by atoms with van der Waals surface area (Å²) in [7, 11) is 0. The standard InChI is InChI=1S/C30H44Cl2N10O2.2ClH/c31-25-7-3-23(4-8-25)11-13-37-29(43)41(27(33)34)17-1-15-39-19-21-40(22-20-39)16-2-18-42(28(35)36)30(44)38-14-12-24-5-9-26(32)10-6-24;;/h3-10H,1-2,11-22H2,(H3,33,34)(H3,35,36)(H,37,43)(H,38,44);2*1H. The van der Waals surface area contributed by atoms with Gasteiger partial charge >= 0.3 is 12.1 Å². The van der Waals surface area contributed by atoms with E-state index < -0.39 is 0 Å². The van der Waals surface area contributed by atoms with E-state index in [2.05, 4.69) is 20.4 Å². The highest BCUT2D eigenvalue weighted by molar-refractivity contribution is 6.30. The number of nitrogens with one attached hydrogen (secondary N) is 4. The number of hydrogen-bond donors (Lipinski definition) is 6. The van der Waals surface area contributed by atoms with Gasteiger partial charge in [-0.05, 0) is 74.2 Å². The second-order valence-electron chi connectivity index (χ2n) is 10.7. The molecule has 1 fully saturated rings. The third-order valence-corrected chi connectivity index (χ3v) is 7.96. The van der Waals surface area contributed by atoms with E-state index in [9.17, 15) is 9.59 Å². The molecule has 0 saturated carbocycles. The molecule has 0 atom stereocenters. The first-order valence-electron chi connectivity index (χ1n) is 14.8. The highest BCUT2D eigenvalue weighted by atomic mass is 35.5. The summed E-state index contributed by atoms with van der Waals surface area (Å²) >= 11 is 11.8. The van der Waals surface area contributed by atoms with E-state index >= 15 is 0 Å². The lowest BCUT2D eigenvalue weighted by atomic mass is 10.1. The van der Waals surface area contributed by atoms with Gasteiger partial charge in [-0.15, -0.1) is 24.8 Å². The Labute approximate surface area is 293 Å². The summed E-state index contributed by atoms with van der Waals surface area (Å²) < 4.78 is 0. The molecule has 1 heterocycles. The number of nitrogens with two attached hydrogens (primary N) is 2. The van der Waals surface area contributed by atoms with Crippen LogP contribution in [0, 0.1) is 10.8 Å². The van der Waals surface area contributed by atoms with E-state index in [4.69, 9.17) is 45.5 Å². The Morgan fingerprint density at radius 1 is 0.674 bits per heavy atom. The van der Waals surface area contributed by atoms with E-state index in [0.29, 0.717) is 61.9 Å². The van der Waals surface area contributed by atoms with E-state index in [1.54, 1.807) is 0 Å². The van der Waals surface area contributed by atoms with Gasteiger partial charge in [0, 0.05) is 62.4 Å². The average Bonchev–Trinajstić information content (AvgIpc) is 2.99. The zero-order valence-electron chi connectivity index (χ0n) is 25.9. The molecule has 1 aliphatic rings. The number of guanidine groups is 2. The van der Waals surface area contributed by atoms with Crippen LogP contribution >= 0.6 is 48.0 Å². The largest absolute Gasteiger partial charge is 0.370 e. The maximum atomic E-state index is 12.6. The van der Waals surface area contributed by atoms with E-state index in [0.717, 1.165) is 50.4 Å². The quantitative estimate of drug-likeness (QED) is 0.128. The summed E-state index contributed by atoms with van der Waals surface area (Å²) in [4.78, 5) is 32.4. The molecule has 0 unspecified atom stereocenters. The monoisotopic (exact) mass is 718 g/mol. The zero-order chi connectivity index (χ0) is 31.9. The number of urea groups is 2. The Bertz CT molecular complexity index is 1130. The maximum absolute atomic E-state index is 12.6. The Morgan fingerprint density at radius 2 is 1.00 bits per heavy atom. The van der Waals surface area contributed by atoms with Crippen molar-refractivity contribution < 1.29 is 9.59 Å². The first kappa shape index (κ1) is 41.0. The Morgan fingerprint density at radius 3 is 1.30 bits per heavy atom. The maximum Gasteiger partial charge on any atom is 0.324 e. The van der Waals surface area contributed by atoms with E-state index in [-0.39, 0.29) is 48.8 Å². The first-order chi connectivity index (χ1) is 21.1. The number of piperazine rings is 1. The third kappa shape index (κ3) is 14.6. The molecule has 4 amide bonds. The van der Waals surface area contributed by atoms with Crippen molar-refractivity contribution in [2.24, 2.45) is 11.5 Å². The number of benzene rings is 2. The number of carbonyl (C=O) groups excluding carboxylic acids is 2. The van der Waals surface area contributed by atoms with E-state index in [1.807, 2.05) is 48.5 Å². The van der Waals surface area contributed by atoms with Crippen LogP contribution in [0.5, 0.6) is 0 Å². The molecule has 3 rings (SSSR count). The SMILES string of the molecule is Cl.Cl.N=C(N)N(CCCN1CCN(CCCN(C(=N)N)C(=O)NCCc2ccc(Cl)cc2)CC1)C(=O)NCCc1ccc(Cl)cc1. The second kappa shape index (κ2) is 21.7. The predicted octanol–water partition coefficient (Wildman–Crippen LogP) is 3.83. The lowest BCUT2D eigenvalue weighted by Crippen LogP contribution is -2.50. The van der Waals surface area contributed by atoms with Crippen LogP contribution < -0.4 is 22.1 Å². The van der Waals surface area contributed by atoms with Gasteiger partial charge in [0.25, 0.3) is 0 Å². The fourth-order valence-electron chi connectivity index (χ4n) is 4.92. The molecule has 8 N–H and O–H groups in total. The zero-order valence-corrected chi connectivity index (χ0v) is 29.0. The van der Waals surface area contributed by atoms with Gasteiger partial charge in [0.2, 0.25) is 0 Å². The number of halogens is 4. The smallest absolute Gasteiger partial charge is 0.324 e. The minimum atomic E-state index is -0.369. The van der Waals surface area contributed by atoms with Crippen molar-refractivity contribution >= 4 is 72.0 Å². The van der Waals surface area contributed by atoms with Crippen molar-refractivity contribution in [3.63, 3.8) is 0 Å². The summed E-state index contributed by atoms with van der Waals surface area (Å²) in [6.45, 7) is 6.73. The summed E-state index contributed by atoms with van der Waals surface area (Å²) in [5.41, 5.74) is 13.5. The van der Waals surface area contributed by atoms with Gasteiger partial charge in [-0.2, -0.15) is 0 Å². The van der Waals surface area contributed by atoms with Gasteiger partial charge in [-0.1, -0.05) is 47.5 Å². The normalized spacial score (nSPS) is 13.1. The molecule has 46 heavy (non-hydrogen) atoms. The van der Waals surface area contributed by atoms with Crippen molar-refractivity contribution in [2.45, 2.75) is 25.7 Å². The Hall–Kier alpha value is -3.00. The van der Waals surface area contributed by atoms with Crippen LogP contribution in [0.4, 0.5) is 9.59 Å². The van der Waals surface area contributed by atoms with Crippen LogP contribution in [0.25, 0.3) is 0 Å². The molecule has 16 heteroatoms. The molecule has 0 radical (unpaired) electrons. The van der Waals surface area contributed by atoms with Crippen LogP contribution in [0.3, 0.4) is 0 Å². The molecule has 0 spiro atoms. The topological polar surface area (TPSA) is 171 Å². The minimum absolute atomic E-state index is 0. The molecular weight excluding hydrogens is 674 g/mol. The first-order valence-corrected chi connectivity index (χ1v) is 15.6. The summed E-state index contributed by atoms with van der Waals surface area (Å²) in [6.07, 6.45) is 2.71. The lowest BCUT2D eigenvalue weighted by Gasteiger charge is -2.35. The van der Waals surface area contributed by atoms with Crippen LogP contribution in [-0.4, -0.2) is 109 Å². The van der Waals surface area contributed by atoms with Crippen LogP contribution in [0.1, 0.15) is 24.0 Å². The average molecular weight is 721 g/mol. The van der Waals surface area contributed by atoms with Gasteiger partial charge in [-0.25, -0.2) is 9.59 Å². The minimum Gasteiger partial charge on any atom is -0.370 e. The van der Waals surface area contributed by atoms with Crippen LogP contribution in [0.15, 0.2) is 48.5 Å². The number of rotatable bonds is 14. The van der Waals surface area contributed by atoms with Crippen molar-refractivity contribution in [1.82, 2.24) is 30.2 Å². The molecule has 0 aliphatic carbocycles. The lowest BCUT2D eigenvalue weighted by molar-refractivity contribution is 0.127. The van der Waals surface area contributed by atoms with Gasteiger partial charge in [0.15, 0.2) is 11.9 Å². The molecular formula is C30H46Cl4N10O2. The van der Waals surface area contributed by atoms with Crippen LogP contribution in [0.2, 0.25) is 10.0 Å². The molecule has 0 aromatic heterocycles. The molecule has 1 aliphatic heterocycles. The molecule has 256 valence electrons. The number of carbonyl (C=O) groups is 2. The van der Waals surface area contributed by atoms with Gasteiger partial charge in [0.05, 0.1) is 0 Å². The molecule has 1 saturated heterocycles. The number of amides is 4. The van der Waals surface area contributed by atoms with Gasteiger partial charge in [0.1, 0.15) is 0 Å². The van der Waals surface area contributed by atoms with E-state index in [1.165, 1.54) is 9.80 Å². The van der Waals surface area contributed by atoms with Crippen LogP contribution in [-0.2, 0) is 12.8 Å². The van der Waals surface area contributed by atoms with Gasteiger partial charge in [-0.3, -0.25) is 20.6 Å². The summed E-state index contributed by atoms with van der Waals surface area (Å²) in [5.74, 6) is -0.540. The van der Waals surface area contributed by atoms with Gasteiger partial charge < -0.3 is 31.9 Å². The Kier molecular flexibility index (Phi) is 19.4. The molecule has 2 aromatic rings. The fraction of sp³-hybridized carbons (Fsp3) is 0.467. The van der Waals surface area contributed by atoms with Crippen molar-refractivity contribution in [3.8, 4) is 0 Å². The fourth-order valence-corrected chi connectivity index (χ4v) is 5.18. The molecule has 0 bridgehead atoms. The molecule has 12 nitrogen and oxygen atoms in total. The summed E-state index contributed by atoms with van der Waals surface area (Å²) in [5, 5.41) is 22.7. The highest BCUT2D eigenvalue weighted by Crippen LogP contribution is 2.11. The third-order valence-electron chi connectivity index (χ3n) is 7.46. The second-order valence-corrected chi connectivity index (χ2v) is 11.6. The summed E-state index contributed by atoms with van der Waals surface area (Å²) in [6, 6.07) is 14.2. The van der Waals surface area contributed by atoms with Crippen molar-refractivity contribution in [1.29, 1.82) is 10.8 Å². The predicted molar refractivity (Wildman–Crippen MR) is 191 cm³/mol. The molecule has 2 aromatic carbocycles. The highest BCUT2D eigenvalue weighted by Gasteiger charge is 2.20. The van der Waals surface area contributed by atoms with Crippen molar-refractivity contribution in [2.75, 3.05) is 65.4 Å². The van der Waals surface area contributed by atoms with Crippen molar-refractivity contribution in [3.05, 3.63) is 69.7 Å².